The van der Waals surface area contributed by atoms with Crippen LogP contribution in [0.1, 0.15) is 25.0 Å². The number of anilines is 3. The molecule has 0 spiro atoms. The molecular weight excluding hydrogens is 877 g/mol. The Morgan fingerprint density at radius 2 is 0.889 bits per heavy atom. The number of rotatable bonds is 8. The highest BCUT2D eigenvalue weighted by Crippen LogP contribution is 2.51. The number of para-hydroxylation sites is 3. The SMILES string of the molecule is CC1(C)c2ccccc2-c2cc3c4cc(-c5cccc(N(c6ccccc6)c6ccc7c8ccccc8n(-c8ccccc8)c7c6)c5)ccc4n(-c4nc(-c5ccccc5)nc(-c5ccccc5)n4)c3cc21. The van der Waals surface area contributed by atoms with Crippen molar-refractivity contribution in [3.8, 4) is 56.7 Å². The van der Waals surface area contributed by atoms with Crippen LogP contribution in [0.3, 0.4) is 0 Å². The van der Waals surface area contributed by atoms with E-state index in [9.17, 15) is 0 Å². The molecular formula is C66H46N6. The van der Waals surface area contributed by atoms with E-state index in [1.54, 1.807) is 0 Å². The van der Waals surface area contributed by atoms with Crippen molar-refractivity contribution in [3.63, 3.8) is 0 Å². The molecule has 0 amide bonds. The quantitative estimate of drug-likeness (QED) is 0.152. The highest BCUT2D eigenvalue weighted by atomic mass is 15.2. The standard InChI is InChI=1S/C66H46N6/c1-66(2)57-32-17-15-30-51(57)54-41-56-55-39-46(34-37-60(55)72(62(56)42-58(54)66)65-68-63(43-20-7-3-8-21-43)67-64(69-65)44-22-9-4-10-23-44)45-24-19-29-49(38-45)70(47-25-11-5-12-26-47)50-35-36-53-52-31-16-18-33-59(52)71(61(53)40-50)48-27-13-6-14-28-48/h3-42H,1-2H3. The summed E-state index contributed by atoms with van der Waals surface area (Å²) in [6, 6.07) is 86.9. The molecule has 6 nitrogen and oxygen atoms in total. The smallest absolute Gasteiger partial charge is 0.238 e. The monoisotopic (exact) mass is 922 g/mol. The van der Waals surface area contributed by atoms with E-state index < -0.39 is 0 Å². The summed E-state index contributed by atoms with van der Waals surface area (Å²) in [5, 5.41) is 4.72. The molecule has 13 aromatic rings. The lowest BCUT2D eigenvalue weighted by Crippen LogP contribution is -2.15. The van der Waals surface area contributed by atoms with Gasteiger partial charge in [0.15, 0.2) is 11.6 Å². The maximum absolute atomic E-state index is 5.30. The van der Waals surface area contributed by atoms with E-state index in [0.29, 0.717) is 17.6 Å². The van der Waals surface area contributed by atoms with Crippen LogP contribution in [0.4, 0.5) is 17.1 Å². The van der Waals surface area contributed by atoms with E-state index in [1.165, 1.54) is 38.5 Å². The zero-order chi connectivity index (χ0) is 47.9. The molecule has 6 heteroatoms. The predicted molar refractivity (Wildman–Crippen MR) is 297 cm³/mol. The Labute approximate surface area is 417 Å². The Balaban J connectivity index is 0.969. The average Bonchev–Trinajstić information content (AvgIpc) is 4.03. The van der Waals surface area contributed by atoms with Crippen LogP contribution < -0.4 is 4.90 Å². The third-order valence-corrected chi connectivity index (χ3v) is 14.7. The van der Waals surface area contributed by atoms with Crippen LogP contribution in [0.5, 0.6) is 0 Å². The van der Waals surface area contributed by atoms with Gasteiger partial charge < -0.3 is 9.47 Å². The molecule has 0 saturated carbocycles. The number of hydrogen-bond donors (Lipinski definition) is 0. The fourth-order valence-corrected chi connectivity index (χ4v) is 11.3. The van der Waals surface area contributed by atoms with Gasteiger partial charge in [0, 0.05) is 60.8 Å². The molecule has 3 heterocycles. The van der Waals surface area contributed by atoms with E-state index in [0.717, 1.165) is 72.3 Å². The summed E-state index contributed by atoms with van der Waals surface area (Å²) < 4.78 is 4.64. The van der Waals surface area contributed by atoms with Gasteiger partial charge >= 0.3 is 0 Å². The largest absolute Gasteiger partial charge is 0.310 e. The van der Waals surface area contributed by atoms with E-state index in [4.69, 9.17) is 15.0 Å². The Kier molecular flexibility index (Phi) is 9.45. The molecule has 340 valence electrons. The van der Waals surface area contributed by atoms with Crippen LogP contribution in [0.2, 0.25) is 0 Å². The normalized spacial score (nSPS) is 12.7. The number of aromatic nitrogens is 5. The van der Waals surface area contributed by atoms with Crippen molar-refractivity contribution >= 4 is 60.7 Å². The fourth-order valence-electron chi connectivity index (χ4n) is 11.3. The zero-order valence-corrected chi connectivity index (χ0v) is 39.8. The number of nitrogens with zero attached hydrogens (tertiary/aromatic N) is 6. The summed E-state index contributed by atoms with van der Waals surface area (Å²) in [7, 11) is 0. The topological polar surface area (TPSA) is 51.8 Å². The lowest BCUT2D eigenvalue weighted by atomic mass is 9.82. The van der Waals surface area contributed by atoms with E-state index in [2.05, 4.69) is 234 Å². The van der Waals surface area contributed by atoms with Gasteiger partial charge in [-0.3, -0.25) is 4.57 Å². The van der Waals surface area contributed by atoms with Gasteiger partial charge in [0.05, 0.1) is 22.1 Å². The maximum atomic E-state index is 5.30. The van der Waals surface area contributed by atoms with Gasteiger partial charge in [-0.25, -0.2) is 4.98 Å². The molecule has 0 bridgehead atoms. The second-order valence-electron chi connectivity index (χ2n) is 19.3. The van der Waals surface area contributed by atoms with Gasteiger partial charge in [0.25, 0.3) is 0 Å². The summed E-state index contributed by atoms with van der Waals surface area (Å²) in [6.45, 7) is 4.68. The van der Waals surface area contributed by atoms with Crippen molar-refractivity contribution in [2.45, 2.75) is 19.3 Å². The minimum absolute atomic E-state index is 0.205. The Bertz CT molecular complexity index is 4170. The number of fused-ring (bicyclic) bond motifs is 9. The summed E-state index contributed by atoms with van der Waals surface area (Å²) >= 11 is 0. The maximum Gasteiger partial charge on any atom is 0.238 e. The van der Waals surface area contributed by atoms with Gasteiger partial charge in [-0.1, -0.05) is 178 Å². The van der Waals surface area contributed by atoms with Crippen LogP contribution in [0.15, 0.2) is 243 Å². The van der Waals surface area contributed by atoms with Gasteiger partial charge in [-0.2, -0.15) is 9.97 Å². The van der Waals surface area contributed by atoms with E-state index >= 15 is 0 Å². The van der Waals surface area contributed by atoms with Crippen LogP contribution in [0.25, 0.3) is 100 Å². The lowest BCUT2D eigenvalue weighted by Gasteiger charge is -2.26. The number of hydrogen-bond acceptors (Lipinski definition) is 4. The molecule has 0 aliphatic heterocycles. The first-order valence-corrected chi connectivity index (χ1v) is 24.6. The van der Waals surface area contributed by atoms with E-state index in [1.807, 2.05) is 36.4 Å². The first kappa shape index (κ1) is 41.6. The van der Waals surface area contributed by atoms with Crippen LogP contribution >= 0.6 is 0 Å². The average molecular weight is 923 g/mol. The Morgan fingerprint density at radius 3 is 1.64 bits per heavy atom. The summed E-state index contributed by atoms with van der Waals surface area (Å²) in [4.78, 5) is 18.0. The summed E-state index contributed by atoms with van der Waals surface area (Å²) in [5.41, 5.74) is 17.8. The molecule has 0 saturated heterocycles. The molecule has 0 fully saturated rings. The lowest BCUT2D eigenvalue weighted by molar-refractivity contribution is 0.661. The van der Waals surface area contributed by atoms with Crippen molar-refractivity contribution in [3.05, 3.63) is 254 Å². The molecule has 10 aromatic carbocycles. The van der Waals surface area contributed by atoms with Crippen molar-refractivity contribution < 1.29 is 0 Å². The van der Waals surface area contributed by atoms with Gasteiger partial charge in [-0.15, -0.1) is 0 Å². The number of benzene rings is 10. The van der Waals surface area contributed by atoms with Crippen LogP contribution in [-0.2, 0) is 5.41 Å². The minimum Gasteiger partial charge on any atom is -0.310 e. The second kappa shape index (κ2) is 16.4. The summed E-state index contributed by atoms with van der Waals surface area (Å²) in [5.74, 6) is 1.83. The fraction of sp³-hybridized carbons (Fsp3) is 0.0455. The Morgan fingerprint density at radius 1 is 0.333 bits per heavy atom. The predicted octanol–water partition coefficient (Wildman–Crippen LogP) is 16.8. The third-order valence-electron chi connectivity index (χ3n) is 14.7. The summed E-state index contributed by atoms with van der Waals surface area (Å²) in [6.07, 6.45) is 0. The van der Waals surface area contributed by atoms with Crippen LogP contribution in [-0.4, -0.2) is 24.1 Å². The van der Waals surface area contributed by atoms with Crippen molar-refractivity contribution in [2.75, 3.05) is 4.90 Å². The highest BCUT2D eigenvalue weighted by molar-refractivity contribution is 6.13. The molecule has 0 N–H and O–H groups in total. The molecule has 3 aromatic heterocycles. The highest BCUT2D eigenvalue weighted by Gasteiger charge is 2.36. The molecule has 1 aliphatic carbocycles. The third kappa shape index (κ3) is 6.60. The van der Waals surface area contributed by atoms with Crippen molar-refractivity contribution in [1.82, 2.24) is 24.1 Å². The van der Waals surface area contributed by atoms with Gasteiger partial charge in [-0.05, 0) is 112 Å². The van der Waals surface area contributed by atoms with Gasteiger partial charge in [0.2, 0.25) is 5.95 Å². The first-order chi connectivity index (χ1) is 35.5. The minimum atomic E-state index is -0.205. The second-order valence-corrected chi connectivity index (χ2v) is 19.3. The van der Waals surface area contributed by atoms with Crippen molar-refractivity contribution in [1.29, 1.82) is 0 Å². The van der Waals surface area contributed by atoms with E-state index in [-0.39, 0.29) is 5.41 Å². The van der Waals surface area contributed by atoms with Crippen molar-refractivity contribution in [2.24, 2.45) is 0 Å². The zero-order valence-electron chi connectivity index (χ0n) is 39.8. The molecule has 0 unspecified atom stereocenters. The first-order valence-electron chi connectivity index (χ1n) is 24.6. The van der Waals surface area contributed by atoms with Crippen LogP contribution in [0, 0.1) is 0 Å². The molecule has 0 atom stereocenters. The Hall–Kier alpha value is -9.39. The van der Waals surface area contributed by atoms with Gasteiger partial charge in [0.1, 0.15) is 0 Å². The molecule has 72 heavy (non-hydrogen) atoms. The molecule has 0 radical (unpaired) electrons. The molecule has 1 aliphatic rings. The molecule has 14 rings (SSSR count).